The minimum atomic E-state index is -0.431. The highest BCUT2D eigenvalue weighted by atomic mass is 16.6. The molecule has 0 aromatic heterocycles. The molecule has 0 unspecified atom stereocenters. The number of rotatable bonds is 1. The van der Waals surface area contributed by atoms with Gasteiger partial charge >= 0.3 is 6.09 Å². The van der Waals surface area contributed by atoms with Gasteiger partial charge in [0.1, 0.15) is 5.60 Å². The van der Waals surface area contributed by atoms with Crippen molar-refractivity contribution >= 4 is 17.5 Å². The highest BCUT2D eigenvalue weighted by molar-refractivity contribution is 5.69. The van der Waals surface area contributed by atoms with Gasteiger partial charge in [-0.2, -0.15) is 0 Å². The minimum absolute atomic E-state index is 0.206. The summed E-state index contributed by atoms with van der Waals surface area (Å²) in [7, 11) is 0. The van der Waals surface area contributed by atoms with Gasteiger partial charge in [-0.15, -0.1) is 0 Å². The second-order valence-corrected chi connectivity index (χ2v) is 6.97. The SMILES string of the molecule is CC(C)(C)OC(=O)N1CCN(c2ccc3c(c2)NCC3)CC1. The molecule has 1 N–H and O–H groups in total. The Balaban J connectivity index is 1.59. The molecule has 1 amide bonds. The number of ether oxygens (including phenoxy) is 1. The molecule has 0 atom stereocenters. The van der Waals surface area contributed by atoms with Crippen LogP contribution >= 0.6 is 0 Å². The van der Waals surface area contributed by atoms with Gasteiger partial charge < -0.3 is 19.9 Å². The van der Waals surface area contributed by atoms with Crippen molar-refractivity contribution in [1.82, 2.24) is 4.90 Å². The number of fused-ring (bicyclic) bond motifs is 1. The summed E-state index contributed by atoms with van der Waals surface area (Å²) in [5, 5.41) is 3.42. The van der Waals surface area contributed by atoms with E-state index in [4.69, 9.17) is 4.74 Å². The Kier molecular flexibility index (Phi) is 3.89. The lowest BCUT2D eigenvalue weighted by Gasteiger charge is -2.36. The van der Waals surface area contributed by atoms with Crippen molar-refractivity contribution in [2.75, 3.05) is 42.9 Å². The molecule has 1 aromatic rings. The zero-order chi connectivity index (χ0) is 15.7. The van der Waals surface area contributed by atoms with Gasteiger partial charge in [0.05, 0.1) is 0 Å². The van der Waals surface area contributed by atoms with E-state index < -0.39 is 5.60 Å². The number of amides is 1. The molecule has 2 aliphatic heterocycles. The lowest BCUT2D eigenvalue weighted by Crippen LogP contribution is -2.50. The van der Waals surface area contributed by atoms with Crippen LogP contribution in [0.5, 0.6) is 0 Å². The van der Waals surface area contributed by atoms with E-state index >= 15 is 0 Å². The number of nitrogens with one attached hydrogen (secondary N) is 1. The lowest BCUT2D eigenvalue weighted by atomic mass is 10.1. The Morgan fingerprint density at radius 3 is 2.59 bits per heavy atom. The molecule has 2 heterocycles. The Bertz CT molecular complexity index is 558. The van der Waals surface area contributed by atoms with Gasteiger partial charge in [-0.25, -0.2) is 4.79 Å². The molecule has 1 aromatic carbocycles. The number of hydrogen-bond donors (Lipinski definition) is 1. The first kappa shape index (κ1) is 15.0. The second-order valence-electron chi connectivity index (χ2n) is 6.97. The molecule has 22 heavy (non-hydrogen) atoms. The summed E-state index contributed by atoms with van der Waals surface area (Å²) >= 11 is 0. The zero-order valence-electron chi connectivity index (χ0n) is 13.7. The molecule has 5 nitrogen and oxygen atoms in total. The van der Waals surface area contributed by atoms with Crippen molar-refractivity contribution in [2.45, 2.75) is 32.8 Å². The zero-order valence-corrected chi connectivity index (χ0v) is 13.7. The van der Waals surface area contributed by atoms with Gasteiger partial charge in [0.2, 0.25) is 0 Å². The van der Waals surface area contributed by atoms with E-state index in [0.29, 0.717) is 13.1 Å². The van der Waals surface area contributed by atoms with Crippen LogP contribution in [0.2, 0.25) is 0 Å². The predicted molar refractivity (Wildman–Crippen MR) is 88.7 cm³/mol. The summed E-state index contributed by atoms with van der Waals surface area (Å²) in [5.41, 5.74) is 3.46. The van der Waals surface area contributed by atoms with Crippen molar-refractivity contribution in [3.8, 4) is 0 Å². The van der Waals surface area contributed by atoms with E-state index in [0.717, 1.165) is 26.1 Å². The molecule has 3 rings (SSSR count). The molecule has 5 heteroatoms. The van der Waals surface area contributed by atoms with Crippen molar-refractivity contribution in [3.05, 3.63) is 23.8 Å². The van der Waals surface area contributed by atoms with Gasteiger partial charge in [-0.05, 0) is 44.9 Å². The Labute approximate surface area is 132 Å². The summed E-state index contributed by atoms with van der Waals surface area (Å²) in [6.07, 6.45) is 0.907. The predicted octanol–water partition coefficient (Wildman–Crippen LogP) is 2.71. The van der Waals surface area contributed by atoms with Crippen LogP contribution in [0, 0.1) is 0 Å². The van der Waals surface area contributed by atoms with Crippen LogP contribution in [0.4, 0.5) is 16.2 Å². The van der Waals surface area contributed by atoms with Crippen molar-refractivity contribution in [2.24, 2.45) is 0 Å². The maximum atomic E-state index is 12.1. The first-order chi connectivity index (χ1) is 10.4. The maximum Gasteiger partial charge on any atom is 0.410 e. The van der Waals surface area contributed by atoms with E-state index in [1.165, 1.54) is 16.9 Å². The van der Waals surface area contributed by atoms with Crippen molar-refractivity contribution < 1.29 is 9.53 Å². The standard InChI is InChI=1S/C17H25N3O2/c1-17(2,3)22-16(21)20-10-8-19(9-11-20)14-5-4-13-6-7-18-15(13)12-14/h4-5,12,18H,6-11H2,1-3H3. The normalized spacial score (nSPS) is 18.0. The van der Waals surface area contributed by atoms with Gasteiger partial charge in [0, 0.05) is 44.1 Å². The number of piperazine rings is 1. The third kappa shape index (κ3) is 3.29. The fourth-order valence-electron chi connectivity index (χ4n) is 2.95. The summed E-state index contributed by atoms with van der Waals surface area (Å²) in [4.78, 5) is 16.2. The largest absolute Gasteiger partial charge is 0.444 e. The van der Waals surface area contributed by atoms with Crippen molar-refractivity contribution in [3.63, 3.8) is 0 Å². The summed E-state index contributed by atoms with van der Waals surface area (Å²) < 4.78 is 5.44. The summed E-state index contributed by atoms with van der Waals surface area (Å²) in [6, 6.07) is 6.63. The third-order valence-corrected chi connectivity index (χ3v) is 4.10. The Morgan fingerprint density at radius 1 is 1.18 bits per heavy atom. The number of benzene rings is 1. The highest BCUT2D eigenvalue weighted by Gasteiger charge is 2.26. The molecular weight excluding hydrogens is 278 g/mol. The molecule has 0 radical (unpaired) electrons. The number of hydrogen-bond acceptors (Lipinski definition) is 4. The molecule has 0 aliphatic carbocycles. The third-order valence-electron chi connectivity index (χ3n) is 4.10. The van der Waals surface area contributed by atoms with Crippen LogP contribution in [-0.4, -0.2) is 49.3 Å². The quantitative estimate of drug-likeness (QED) is 0.866. The van der Waals surface area contributed by atoms with E-state index in [2.05, 4.69) is 28.4 Å². The number of carbonyl (C=O) groups is 1. The minimum Gasteiger partial charge on any atom is -0.444 e. The van der Waals surface area contributed by atoms with Crippen LogP contribution in [0.25, 0.3) is 0 Å². The number of anilines is 2. The van der Waals surface area contributed by atoms with E-state index in [1.807, 2.05) is 20.8 Å². The molecule has 1 fully saturated rings. The average molecular weight is 303 g/mol. The molecule has 120 valence electrons. The van der Waals surface area contributed by atoms with Gasteiger partial charge in [0.15, 0.2) is 0 Å². The Hall–Kier alpha value is -1.91. The molecule has 2 aliphatic rings. The maximum absolute atomic E-state index is 12.1. The topological polar surface area (TPSA) is 44.8 Å². The Morgan fingerprint density at radius 2 is 1.91 bits per heavy atom. The van der Waals surface area contributed by atoms with Crippen LogP contribution < -0.4 is 10.2 Å². The van der Waals surface area contributed by atoms with Crippen LogP contribution in [0.1, 0.15) is 26.3 Å². The van der Waals surface area contributed by atoms with Crippen molar-refractivity contribution in [1.29, 1.82) is 0 Å². The van der Waals surface area contributed by atoms with Gasteiger partial charge in [-0.1, -0.05) is 6.07 Å². The van der Waals surface area contributed by atoms with E-state index in [1.54, 1.807) is 4.90 Å². The number of nitrogens with zero attached hydrogens (tertiary/aromatic N) is 2. The monoisotopic (exact) mass is 303 g/mol. The van der Waals surface area contributed by atoms with Crippen LogP contribution in [-0.2, 0) is 11.2 Å². The van der Waals surface area contributed by atoms with E-state index in [9.17, 15) is 4.79 Å². The molecular formula is C17H25N3O2. The fourth-order valence-corrected chi connectivity index (χ4v) is 2.95. The highest BCUT2D eigenvalue weighted by Crippen LogP contribution is 2.28. The average Bonchev–Trinajstić information content (AvgIpc) is 2.93. The molecule has 1 saturated heterocycles. The first-order valence-electron chi connectivity index (χ1n) is 8.02. The molecule has 0 saturated carbocycles. The smallest absolute Gasteiger partial charge is 0.410 e. The van der Waals surface area contributed by atoms with E-state index in [-0.39, 0.29) is 6.09 Å². The first-order valence-corrected chi connectivity index (χ1v) is 8.02. The van der Waals surface area contributed by atoms with Gasteiger partial charge in [0.25, 0.3) is 0 Å². The van der Waals surface area contributed by atoms with Gasteiger partial charge in [-0.3, -0.25) is 0 Å². The second kappa shape index (κ2) is 5.71. The molecule has 0 spiro atoms. The fraction of sp³-hybridized carbons (Fsp3) is 0.588. The number of carbonyl (C=O) groups excluding carboxylic acids is 1. The molecule has 0 bridgehead atoms. The lowest BCUT2D eigenvalue weighted by molar-refractivity contribution is 0.0240. The van der Waals surface area contributed by atoms with Crippen LogP contribution in [0.15, 0.2) is 18.2 Å². The summed E-state index contributed by atoms with van der Waals surface area (Å²) in [5.74, 6) is 0. The van der Waals surface area contributed by atoms with Crippen LogP contribution in [0.3, 0.4) is 0 Å². The summed E-state index contributed by atoms with van der Waals surface area (Å²) in [6.45, 7) is 9.84.